The highest BCUT2D eigenvalue weighted by Gasteiger charge is 2.25. The van der Waals surface area contributed by atoms with E-state index in [9.17, 15) is 13.2 Å². The van der Waals surface area contributed by atoms with E-state index in [1.807, 2.05) is 0 Å². The number of alkyl carbamates (subject to hydrolysis) is 1. The van der Waals surface area contributed by atoms with Gasteiger partial charge in [-0.1, -0.05) is 39.7 Å². The van der Waals surface area contributed by atoms with Crippen LogP contribution in [0.5, 0.6) is 0 Å². The summed E-state index contributed by atoms with van der Waals surface area (Å²) in [6, 6.07) is 12.6. The summed E-state index contributed by atoms with van der Waals surface area (Å²) in [5.41, 5.74) is -0.217. The van der Waals surface area contributed by atoms with E-state index in [1.165, 1.54) is 12.1 Å². The Hall–Kier alpha value is -1.61. The molecule has 146 valence electrons. The minimum absolute atomic E-state index is 0.0654. The van der Waals surface area contributed by atoms with Gasteiger partial charge in [0, 0.05) is 9.50 Å². The number of hydrogen-bond acceptors (Lipinski definition) is 4. The first-order valence-electron chi connectivity index (χ1n) is 7.99. The summed E-state index contributed by atoms with van der Waals surface area (Å²) in [5, 5.41) is 3.03. The molecular weight excluding hydrogens is 456 g/mol. The maximum Gasteiger partial charge on any atom is 0.409 e. The van der Waals surface area contributed by atoms with Crippen molar-refractivity contribution in [1.82, 2.24) is 10.0 Å². The molecule has 1 atom stereocenters. The van der Waals surface area contributed by atoms with E-state index in [0.717, 1.165) is 4.47 Å². The first-order valence-corrected chi connectivity index (χ1v) is 10.6. The highest BCUT2D eigenvalue weighted by molar-refractivity contribution is 9.10. The number of halogens is 2. The van der Waals surface area contributed by atoms with Crippen LogP contribution in [-0.4, -0.2) is 20.1 Å². The van der Waals surface area contributed by atoms with Crippen LogP contribution in [0.15, 0.2) is 57.9 Å². The van der Waals surface area contributed by atoms with Crippen LogP contribution in [0.25, 0.3) is 0 Å². The molecule has 2 aromatic carbocycles. The van der Waals surface area contributed by atoms with Crippen molar-refractivity contribution in [2.75, 3.05) is 0 Å². The van der Waals surface area contributed by atoms with Crippen LogP contribution in [0, 0.1) is 0 Å². The zero-order chi connectivity index (χ0) is 20.2. The van der Waals surface area contributed by atoms with E-state index in [-0.39, 0.29) is 4.90 Å². The molecular formula is C18H20BrClN2O4S. The molecule has 0 spiro atoms. The van der Waals surface area contributed by atoms with Crippen LogP contribution in [0.2, 0.25) is 5.02 Å². The average Bonchev–Trinajstić information content (AvgIpc) is 2.53. The highest BCUT2D eigenvalue weighted by Crippen LogP contribution is 2.20. The Kier molecular flexibility index (Phi) is 6.91. The molecule has 2 aromatic rings. The van der Waals surface area contributed by atoms with E-state index in [0.29, 0.717) is 10.6 Å². The molecule has 0 aliphatic carbocycles. The molecule has 0 saturated heterocycles. The molecule has 1 unspecified atom stereocenters. The normalized spacial score (nSPS) is 13.1. The Balaban J connectivity index is 2.30. The molecule has 27 heavy (non-hydrogen) atoms. The maximum absolute atomic E-state index is 12.7. The minimum Gasteiger partial charge on any atom is -0.444 e. The summed E-state index contributed by atoms with van der Waals surface area (Å²) in [7, 11) is -3.90. The Morgan fingerprint density at radius 2 is 1.63 bits per heavy atom. The predicted octanol–water partition coefficient (Wildman–Crippen LogP) is 4.60. The number of hydrogen-bond donors (Lipinski definition) is 2. The third-order valence-corrected chi connectivity index (χ3v) is 5.48. The van der Waals surface area contributed by atoms with E-state index in [2.05, 4.69) is 26.0 Å². The van der Waals surface area contributed by atoms with Crippen LogP contribution in [0.3, 0.4) is 0 Å². The van der Waals surface area contributed by atoms with Gasteiger partial charge in [0.25, 0.3) is 0 Å². The SMILES string of the molecule is CC(C)(C)OC(=O)NC(NS(=O)(=O)c1ccc(Br)cc1)c1ccc(Cl)cc1. The van der Waals surface area contributed by atoms with Gasteiger partial charge in [-0.05, 0) is 62.7 Å². The number of ether oxygens (including phenoxy) is 1. The molecule has 0 aliphatic heterocycles. The highest BCUT2D eigenvalue weighted by atomic mass is 79.9. The van der Waals surface area contributed by atoms with E-state index in [1.54, 1.807) is 57.2 Å². The van der Waals surface area contributed by atoms with Crippen LogP contribution in [0.4, 0.5) is 4.79 Å². The fourth-order valence-electron chi connectivity index (χ4n) is 2.10. The predicted molar refractivity (Wildman–Crippen MR) is 108 cm³/mol. The summed E-state index contributed by atoms with van der Waals surface area (Å²) in [6.45, 7) is 5.15. The van der Waals surface area contributed by atoms with Crippen molar-refractivity contribution in [2.45, 2.75) is 37.4 Å². The summed E-state index contributed by atoms with van der Waals surface area (Å²) in [4.78, 5) is 12.2. The van der Waals surface area contributed by atoms with Gasteiger partial charge in [0.05, 0.1) is 4.90 Å². The molecule has 0 fully saturated rings. The van der Waals surface area contributed by atoms with Gasteiger partial charge in [0.2, 0.25) is 10.0 Å². The topological polar surface area (TPSA) is 84.5 Å². The van der Waals surface area contributed by atoms with Crippen molar-refractivity contribution in [3.63, 3.8) is 0 Å². The Labute approximate surface area is 172 Å². The number of nitrogens with one attached hydrogen (secondary N) is 2. The van der Waals surface area contributed by atoms with Gasteiger partial charge in [-0.25, -0.2) is 13.2 Å². The van der Waals surface area contributed by atoms with Crippen molar-refractivity contribution in [3.05, 3.63) is 63.6 Å². The van der Waals surface area contributed by atoms with Gasteiger partial charge in [-0.15, -0.1) is 0 Å². The fraction of sp³-hybridized carbons (Fsp3) is 0.278. The average molecular weight is 476 g/mol. The Morgan fingerprint density at radius 1 is 1.07 bits per heavy atom. The Morgan fingerprint density at radius 3 is 2.15 bits per heavy atom. The largest absolute Gasteiger partial charge is 0.444 e. The smallest absolute Gasteiger partial charge is 0.409 e. The second kappa shape index (κ2) is 8.60. The lowest BCUT2D eigenvalue weighted by Gasteiger charge is -2.24. The van der Waals surface area contributed by atoms with E-state index >= 15 is 0 Å². The van der Waals surface area contributed by atoms with Gasteiger partial charge in [0.1, 0.15) is 11.8 Å². The van der Waals surface area contributed by atoms with Gasteiger partial charge in [-0.3, -0.25) is 0 Å². The molecule has 6 nitrogen and oxygen atoms in total. The molecule has 9 heteroatoms. The molecule has 1 amide bonds. The second-order valence-electron chi connectivity index (χ2n) is 6.71. The molecule has 2 N–H and O–H groups in total. The van der Waals surface area contributed by atoms with E-state index in [4.69, 9.17) is 16.3 Å². The summed E-state index contributed by atoms with van der Waals surface area (Å²) in [5.74, 6) is 0. The molecule has 0 aliphatic rings. The number of benzene rings is 2. The van der Waals surface area contributed by atoms with Gasteiger partial charge in [0.15, 0.2) is 0 Å². The molecule has 0 heterocycles. The lowest BCUT2D eigenvalue weighted by Crippen LogP contribution is -2.43. The third-order valence-electron chi connectivity index (χ3n) is 3.26. The van der Waals surface area contributed by atoms with Crippen LogP contribution in [0.1, 0.15) is 32.5 Å². The summed E-state index contributed by atoms with van der Waals surface area (Å²) in [6.07, 6.45) is -1.79. The molecule has 2 rings (SSSR count). The number of rotatable bonds is 5. The third kappa shape index (κ3) is 6.80. The molecule has 0 bridgehead atoms. The standard InChI is InChI=1S/C18H20BrClN2O4S/c1-18(2,3)26-17(23)21-16(12-4-8-14(20)9-5-12)22-27(24,25)15-10-6-13(19)7-11-15/h4-11,16,22H,1-3H3,(H,21,23). The number of amides is 1. The van der Waals surface area contributed by atoms with Crippen LogP contribution < -0.4 is 10.0 Å². The summed E-state index contributed by atoms with van der Waals surface area (Å²) >= 11 is 9.16. The molecule has 0 aromatic heterocycles. The lowest BCUT2D eigenvalue weighted by atomic mass is 10.2. The zero-order valence-electron chi connectivity index (χ0n) is 15.0. The summed E-state index contributed by atoms with van der Waals surface area (Å²) < 4.78 is 33.9. The van der Waals surface area contributed by atoms with Crippen molar-refractivity contribution in [1.29, 1.82) is 0 Å². The van der Waals surface area contributed by atoms with Gasteiger partial charge in [-0.2, -0.15) is 4.72 Å². The monoisotopic (exact) mass is 474 g/mol. The van der Waals surface area contributed by atoms with Crippen molar-refractivity contribution in [2.24, 2.45) is 0 Å². The lowest BCUT2D eigenvalue weighted by molar-refractivity contribution is 0.0501. The van der Waals surface area contributed by atoms with Crippen molar-refractivity contribution < 1.29 is 17.9 Å². The minimum atomic E-state index is -3.90. The number of carbonyl (C=O) groups excluding carboxylic acids is 1. The Bertz CT molecular complexity index is 894. The quantitative estimate of drug-likeness (QED) is 0.619. The first-order chi connectivity index (χ1) is 12.5. The first kappa shape index (κ1) is 21.7. The van der Waals surface area contributed by atoms with Crippen molar-refractivity contribution >= 4 is 43.6 Å². The number of sulfonamides is 1. The van der Waals surface area contributed by atoms with Crippen LogP contribution >= 0.6 is 27.5 Å². The molecule has 0 radical (unpaired) electrons. The van der Waals surface area contributed by atoms with Crippen LogP contribution in [-0.2, 0) is 14.8 Å². The zero-order valence-corrected chi connectivity index (χ0v) is 18.2. The second-order valence-corrected chi connectivity index (χ2v) is 9.77. The van der Waals surface area contributed by atoms with E-state index < -0.39 is 27.9 Å². The fourth-order valence-corrected chi connectivity index (χ4v) is 3.62. The van der Waals surface area contributed by atoms with Crippen molar-refractivity contribution in [3.8, 4) is 0 Å². The number of carbonyl (C=O) groups is 1. The molecule has 0 saturated carbocycles. The van der Waals surface area contributed by atoms with Gasteiger partial charge >= 0.3 is 6.09 Å². The maximum atomic E-state index is 12.7. The van der Waals surface area contributed by atoms with Gasteiger partial charge < -0.3 is 10.1 Å².